The SMILES string of the molecule is CCOc1cc(/C=C(\C#N)c2nc3ccccc3[nH]2)ccc1OCC(=O)NC12CC3CC(CC(C3)C1)C2. The van der Waals surface area contributed by atoms with Crippen molar-refractivity contribution in [2.24, 2.45) is 17.8 Å². The molecule has 0 radical (unpaired) electrons. The summed E-state index contributed by atoms with van der Waals surface area (Å²) in [6, 6.07) is 15.4. The van der Waals surface area contributed by atoms with Crippen LogP contribution in [0.3, 0.4) is 0 Å². The Kier molecular flexibility index (Phi) is 6.11. The van der Waals surface area contributed by atoms with Gasteiger partial charge in [-0.15, -0.1) is 0 Å². The standard InChI is InChI=1S/C30H32N4O3/c1-2-36-27-13-19(12-23(17-31)29-32-24-5-3-4-6-25(24)33-29)7-8-26(27)37-18-28(35)34-30-14-20-9-21(15-30)11-22(10-20)16-30/h3-8,12-13,20-22H,2,9-11,14-16,18H2,1H3,(H,32,33)(H,34,35)/b23-12+. The molecule has 4 saturated carbocycles. The number of nitrogens with zero attached hydrogens (tertiary/aromatic N) is 2. The topological polar surface area (TPSA) is 100 Å². The minimum atomic E-state index is -0.0648. The molecule has 190 valence electrons. The third-order valence-corrected chi connectivity index (χ3v) is 8.15. The second-order valence-electron chi connectivity index (χ2n) is 10.9. The van der Waals surface area contributed by atoms with Crippen molar-refractivity contribution >= 4 is 28.6 Å². The zero-order chi connectivity index (χ0) is 25.4. The van der Waals surface area contributed by atoms with Crippen LogP contribution in [0.1, 0.15) is 56.8 Å². The van der Waals surface area contributed by atoms with E-state index in [9.17, 15) is 10.1 Å². The molecule has 0 saturated heterocycles. The Balaban J connectivity index is 1.15. The van der Waals surface area contributed by atoms with Crippen LogP contribution in [0.2, 0.25) is 0 Å². The van der Waals surface area contributed by atoms with Crippen LogP contribution in [0, 0.1) is 29.1 Å². The molecule has 0 aliphatic heterocycles. The number of aromatic nitrogens is 2. The largest absolute Gasteiger partial charge is 0.490 e. The lowest BCUT2D eigenvalue weighted by atomic mass is 9.53. The molecule has 7 heteroatoms. The zero-order valence-electron chi connectivity index (χ0n) is 21.1. The fraction of sp³-hybridized carbons (Fsp3) is 0.433. The number of fused-ring (bicyclic) bond motifs is 1. The normalized spacial score (nSPS) is 26.2. The summed E-state index contributed by atoms with van der Waals surface area (Å²) in [7, 11) is 0. The van der Waals surface area contributed by atoms with Gasteiger partial charge in [0.1, 0.15) is 11.9 Å². The highest BCUT2D eigenvalue weighted by Gasteiger charge is 2.51. The number of H-pyrrole nitrogens is 1. The summed E-state index contributed by atoms with van der Waals surface area (Å²) < 4.78 is 11.8. The van der Waals surface area contributed by atoms with E-state index in [-0.39, 0.29) is 18.1 Å². The fourth-order valence-corrected chi connectivity index (χ4v) is 7.14. The van der Waals surface area contributed by atoms with Gasteiger partial charge in [0.15, 0.2) is 18.1 Å². The second-order valence-corrected chi connectivity index (χ2v) is 10.9. The van der Waals surface area contributed by atoms with E-state index >= 15 is 0 Å². The van der Waals surface area contributed by atoms with Gasteiger partial charge in [-0.25, -0.2) is 4.98 Å². The number of allylic oxidation sites excluding steroid dienone is 1. The van der Waals surface area contributed by atoms with Crippen molar-refractivity contribution in [2.75, 3.05) is 13.2 Å². The van der Waals surface area contributed by atoms with Gasteiger partial charge in [0, 0.05) is 5.54 Å². The Morgan fingerprint density at radius 2 is 1.84 bits per heavy atom. The molecule has 0 unspecified atom stereocenters. The van der Waals surface area contributed by atoms with Crippen molar-refractivity contribution in [3.05, 3.63) is 53.9 Å². The van der Waals surface area contributed by atoms with E-state index in [1.54, 1.807) is 12.1 Å². The maximum atomic E-state index is 12.9. The summed E-state index contributed by atoms with van der Waals surface area (Å²) in [4.78, 5) is 20.7. The molecule has 7 rings (SSSR count). The molecule has 4 bridgehead atoms. The van der Waals surface area contributed by atoms with E-state index < -0.39 is 0 Å². The number of rotatable bonds is 8. The quantitative estimate of drug-likeness (QED) is 0.402. The fourth-order valence-electron chi connectivity index (χ4n) is 7.14. The Hall–Kier alpha value is -3.79. The number of ether oxygens (including phenoxy) is 2. The van der Waals surface area contributed by atoms with Gasteiger partial charge >= 0.3 is 0 Å². The molecule has 2 N–H and O–H groups in total. The molecule has 37 heavy (non-hydrogen) atoms. The Bertz CT molecular complexity index is 1330. The minimum absolute atomic E-state index is 0.0308. The van der Waals surface area contributed by atoms with Gasteiger partial charge < -0.3 is 19.8 Å². The highest BCUT2D eigenvalue weighted by atomic mass is 16.5. The minimum Gasteiger partial charge on any atom is -0.490 e. The number of hydrogen-bond donors (Lipinski definition) is 2. The summed E-state index contributed by atoms with van der Waals surface area (Å²) in [5.74, 6) is 3.83. The number of nitrogens with one attached hydrogen (secondary N) is 2. The molecule has 1 amide bonds. The van der Waals surface area contributed by atoms with Gasteiger partial charge in [0.05, 0.1) is 23.2 Å². The molecule has 0 spiro atoms. The average Bonchev–Trinajstić information content (AvgIpc) is 3.30. The highest BCUT2D eigenvalue weighted by molar-refractivity contribution is 5.90. The number of carbonyl (C=O) groups is 1. The van der Waals surface area contributed by atoms with E-state index in [4.69, 9.17) is 9.47 Å². The summed E-state index contributed by atoms with van der Waals surface area (Å²) in [5.41, 5.74) is 2.86. The number of carbonyl (C=O) groups excluding carboxylic acids is 1. The molecule has 1 aromatic heterocycles. The van der Waals surface area contributed by atoms with Gasteiger partial charge in [-0.2, -0.15) is 5.26 Å². The second kappa shape index (κ2) is 9.59. The van der Waals surface area contributed by atoms with Crippen molar-refractivity contribution in [3.8, 4) is 17.6 Å². The lowest BCUT2D eigenvalue weighted by molar-refractivity contribution is -0.128. The van der Waals surface area contributed by atoms with E-state index in [0.717, 1.165) is 53.6 Å². The summed E-state index contributed by atoms with van der Waals surface area (Å²) in [6.07, 6.45) is 9.13. The smallest absolute Gasteiger partial charge is 0.258 e. The van der Waals surface area contributed by atoms with Crippen molar-refractivity contribution in [1.82, 2.24) is 15.3 Å². The maximum absolute atomic E-state index is 12.9. The van der Waals surface area contributed by atoms with Gasteiger partial charge in [0.25, 0.3) is 5.91 Å². The average molecular weight is 497 g/mol. The third-order valence-electron chi connectivity index (χ3n) is 8.15. The number of hydrogen-bond acceptors (Lipinski definition) is 5. The van der Waals surface area contributed by atoms with Crippen LogP contribution in [0.15, 0.2) is 42.5 Å². The molecule has 7 nitrogen and oxygen atoms in total. The summed E-state index contributed by atoms with van der Waals surface area (Å²) in [5, 5.41) is 13.1. The van der Waals surface area contributed by atoms with Crippen LogP contribution < -0.4 is 14.8 Å². The maximum Gasteiger partial charge on any atom is 0.258 e. The van der Waals surface area contributed by atoms with Crippen molar-refractivity contribution in [1.29, 1.82) is 5.26 Å². The molecular weight excluding hydrogens is 464 g/mol. The lowest BCUT2D eigenvalue weighted by Crippen LogP contribution is -2.60. The van der Waals surface area contributed by atoms with E-state index in [1.165, 1.54) is 19.3 Å². The number of benzene rings is 2. The first-order valence-corrected chi connectivity index (χ1v) is 13.3. The van der Waals surface area contributed by atoms with Crippen LogP contribution >= 0.6 is 0 Å². The number of nitriles is 1. The molecule has 4 fully saturated rings. The first-order valence-electron chi connectivity index (χ1n) is 13.3. The lowest BCUT2D eigenvalue weighted by Gasteiger charge is -2.56. The van der Waals surface area contributed by atoms with E-state index in [1.807, 2.05) is 43.3 Å². The van der Waals surface area contributed by atoms with Gasteiger partial charge in [-0.05, 0) is 99.1 Å². The molecule has 3 aromatic rings. The summed E-state index contributed by atoms with van der Waals surface area (Å²) in [6.45, 7) is 2.32. The first kappa shape index (κ1) is 23.6. The van der Waals surface area contributed by atoms with Crippen LogP contribution in [-0.4, -0.2) is 34.6 Å². The number of para-hydroxylation sites is 2. The van der Waals surface area contributed by atoms with Crippen molar-refractivity contribution in [3.63, 3.8) is 0 Å². The molecule has 4 aliphatic rings. The molecule has 0 atom stereocenters. The first-order chi connectivity index (χ1) is 18.0. The van der Waals surface area contributed by atoms with E-state index in [2.05, 4.69) is 21.4 Å². The van der Waals surface area contributed by atoms with Gasteiger partial charge in [-0.1, -0.05) is 18.2 Å². The van der Waals surface area contributed by atoms with Gasteiger partial charge in [0.2, 0.25) is 0 Å². The van der Waals surface area contributed by atoms with Crippen LogP contribution in [0.25, 0.3) is 22.7 Å². The monoisotopic (exact) mass is 496 g/mol. The highest BCUT2D eigenvalue weighted by Crippen LogP contribution is 2.55. The molecule has 2 aromatic carbocycles. The number of aromatic amines is 1. The van der Waals surface area contributed by atoms with Crippen LogP contribution in [-0.2, 0) is 4.79 Å². The Labute approximate surface area is 216 Å². The molecule has 4 aliphatic carbocycles. The Morgan fingerprint density at radius 3 is 2.51 bits per heavy atom. The number of amides is 1. The number of imidazole rings is 1. The van der Waals surface area contributed by atoms with E-state index in [0.29, 0.717) is 29.5 Å². The van der Waals surface area contributed by atoms with Crippen LogP contribution in [0.5, 0.6) is 11.5 Å². The summed E-state index contributed by atoms with van der Waals surface area (Å²) >= 11 is 0. The van der Waals surface area contributed by atoms with Crippen LogP contribution in [0.4, 0.5) is 0 Å². The van der Waals surface area contributed by atoms with Gasteiger partial charge in [-0.3, -0.25) is 4.79 Å². The molecular formula is C30H32N4O3. The van der Waals surface area contributed by atoms with Crippen molar-refractivity contribution in [2.45, 2.75) is 51.0 Å². The molecule has 1 heterocycles. The zero-order valence-corrected chi connectivity index (χ0v) is 21.1. The third kappa shape index (κ3) is 4.81. The Morgan fingerprint density at radius 1 is 1.11 bits per heavy atom. The predicted octanol–water partition coefficient (Wildman–Crippen LogP) is 5.49. The van der Waals surface area contributed by atoms with Crippen molar-refractivity contribution < 1.29 is 14.3 Å². The predicted molar refractivity (Wildman–Crippen MR) is 142 cm³/mol.